The van der Waals surface area contributed by atoms with Crippen molar-refractivity contribution < 1.29 is 9.59 Å². The topological polar surface area (TPSA) is 67.6 Å². The zero-order chi connectivity index (χ0) is 21.6. The maximum atomic E-state index is 12.6. The summed E-state index contributed by atoms with van der Waals surface area (Å²) in [6, 6.07) is 13.8. The number of thioether (sulfide) groups is 1. The fourth-order valence-corrected chi connectivity index (χ4v) is 4.35. The number of hydrogen-bond acceptors (Lipinski definition) is 5. The van der Waals surface area contributed by atoms with Crippen LogP contribution in [0.3, 0.4) is 0 Å². The molecule has 30 heavy (non-hydrogen) atoms. The Morgan fingerprint density at radius 2 is 1.53 bits per heavy atom. The van der Waals surface area contributed by atoms with Crippen molar-refractivity contribution in [2.45, 2.75) is 39.6 Å². The lowest BCUT2D eigenvalue weighted by Crippen LogP contribution is -2.28. The van der Waals surface area contributed by atoms with Gasteiger partial charge in [-0.25, -0.2) is 4.98 Å². The number of fused-ring (bicyclic) bond motifs is 1. The Kier molecular flexibility index (Phi) is 5.07. The number of benzene rings is 2. The lowest BCUT2D eigenvalue weighted by Gasteiger charge is -2.22. The van der Waals surface area contributed by atoms with Crippen molar-refractivity contribution in [1.29, 1.82) is 0 Å². The molecule has 7 heteroatoms. The zero-order valence-corrected chi connectivity index (χ0v) is 18.4. The van der Waals surface area contributed by atoms with E-state index in [0.717, 1.165) is 22.3 Å². The van der Waals surface area contributed by atoms with Gasteiger partial charge in [-0.3, -0.25) is 14.2 Å². The van der Waals surface area contributed by atoms with Crippen molar-refractivity contribution in [3.05, 3.63) is 64.7 Å². The molecule has 4 rings (SSSR count). The molecule has 0 spiro atoms. The molecule has 1 aliphatic rings. The van der Waals surface area contributed by atoms with Gasteiger partial charge in [-0.05, 0) is 49.7 Å². The molecule has 0 fully saturated rings. The van der Waals surface area contributed by atoms with Crippen LogP contribution in [0, 0.1) is 20.8 Å². The van der Waals surface area contributed by atoms with Gasteiger partial charge in [0.25, 0.3) is 0 Å². The highest BCUT2D eigenvalue weighted by Crippen LogP contribution is 2.40. The van der Waals surface area contributed by atoms with Gasteiger partial charge in [0.1, 0.15) is 15.9 Å². The van der Waals surface area contributed by atoms with E-state index in [9.17, 15) is 9.59 Å². The Hall–Kier alpha value is -3.19. The van der Waals surface area contributed by atoms with Crippen molar-refractivity contribution in [3.63, 3.8) is 0 Å². The molecular formula is C23H22N4O2S. The first-order valence-electron chi connectivity index (χ1n) is 9.61. The summed E-state index contributed by atoms with van der Waals surface area (Å²) in [7, 11) is 0. The summed E-state index contributed by atoms with van der Waals surface area (Å²) in [5, 5.41) is 7.09. The van der Waals surface area contributed by atoms with Crippen LogP contribution >= 0.6 is 11.8 Å². The second kappa shape index (κ2) is 7.57. The maximum absolute atomic E-state index is 12.6. The molecule has 152 valence electrons. The molecule has 0 N–H and O–H groups in total. The van der Waals surface area contributed by atoms with E-state index in [4.69, 9.17) is 0 Å². The molecule has 0 unspecified atom stereocenters. The smallest absolute Gasteiger partial charge is 0.245 e. The Labute approximate surface area is 179 Å². The maximum Gasteiger partial charge on any atom is 0.245 e. The number of hydrazone groups is 1. The van der Waals surface area contributed by atoms with Crippen LogP contribution in [0.15, 0.2) is 52.6 Å². The van der Waals surface area contributed by atoms with Crippen LogP contribution in [-0.4, -0.2) is 26.4 Å². The van der Waals surface area contributed by atoms with E-state index in [0.29, 0.717) is 21.7 Å². The van der Waals surface area contributed by atoms with Crippen molar-refractivity contribution in [2.75, 3.05) is 5.01 Å². The van der Waals surface area contributed by atoms with Crippen molar-refractivity contribution >= 4 is 34.4 Å². The van der Waals surface area contributed by atoms with E-state index in [-0.39, 0.29) is 11.8 Å². The highest BCUT2D eigenvalue weighted by atomic mass is 32.2. The van der Waals surface area contributed by atoms with Gasteiger partial charge in [0.2, 0.25) is 11.8 Å². The molecule has 6 nitrogen and oxygen atoms in total. The van der Waals surface area contributed by atoms with Gasteiger partial charge in [0.05, 0.1) is 0 Å². The Morgan fingerprint density at radius 3 is 2.13 bits per heavy atom. The molecule has 2 aromatic carbocycles. The highest BCUT2D eigenvalue weighted by Gasteiger charge is 2.32. The largest absolute Gasteiger partial charge is 0.274 e. The fourth-order valence-electron chi connectivity index (χ4n) is 3.27. The van der Waals surface area contributed by atoms with Gasteiger partial charge in [-0.2, -0.15) is 10.1 Å². The number of aromatic nitrogens is 2. The summed E-state index contributed by atoms with van der Waals surface area (Å²) in [4.78, 5) is 29.7. The van der Waals surface area contributed by atoms with E-state index in [1.807, 2.05) is 63.2 Å². The monoisotopic (exact) mass is 418 g/mol. The van der Waals surface area contributed by atoms with Crippen molar-refractivity contribution in [3.8, 4) is 11.4 Å². The van der Waals surface area contributed by atoms with Crippen LogP contribution in [0.4, 0.5) is 5.82 Å². The molecule has 1 aliphatic heterocycles. The van der Waals surface area contributed by atoms with Crippen LogP contribution in [0.2, 0.25) is 0 Å². The van der Waals surface area contributed by atoms with Gasteiger partial charge in [0.15, 0.2) is 5.82 Å². The summed E-state index contributed by atoms with van der Waals surface area (Å²) in [5.74, 6) is 0.451. The molecular weight excluding hydrogens is 396 g/mol. The van der Waals surface area contributed by atoms with Gasteiger partial charge in [-0.15, -0.1) is 0 Å². The van der Waals surface area contributed by atoms with Gasteiger partial charge < -0.3 is 0 Å². The standard InChI is InChI=1S/C23H22N4O2S/c1-13-6-9-18(10-7-13)20-24-21-23(26(20)16(4)28)30-22(25-27(21)17(5)29)19-11-8-14(2)15(3)12-19/h6-12H,1-5H3. The summed E-state index contributed by atoms with van der Waals surface area (Å²) < 4.78 is 1.57. The first-order chi connectivity index (χ1) is 14.3. The molecule has 0 radical (unpaired) electrons. The number of carbonyl (C=O) groups is 2. The van der Waals surface area contributed by atoms with Crippen LogP contribution < -0.4 is 5.01 Å². The van der Waals surface area contributed by atoms with Gasteiger partial charge in [-0.1, -0.05) is 42.0 Å². The van der Waals surface area contributed by atoms with Gasteiger partial charge in [0, 0.05) is 25.0 Å². The Bertz CT molecular complexity index is 1210. The first kappa shape index (κ1) is 20.1. The second-order valence-electron chi connectivity index (χ2n) is 7.42. The number of anilines is 1. The Morgan fingerprint density at radius 1 is 0.867 bits per heavy atom. The quantitative estimate of drug-likeness (QED) is 0.590. The second-order valence-corrected chi connectivity index (χ2v) is 8.40. The molecule has 0 bridgehead atoms. The average Bonchev–Trinajstić information content (AvgIpc) is 3.09. The molecule has 0 saturated heterocycles. The van der Waals surface area contributed by atoms with E-state index >= 15 is 0 Å². The summed E-state index contributed by atoms with van der Waals surface area (Å²) in [6.45, 7) is 9.03. The number of nitrogens with zero attached hydrogens (tertiary/aromatic N) is 4. The summed E-state index contributed by atoms with van der Waals surface area (Å²) in [5.41, 5.74) is 5.14. The number of amides is 1. The number of carbonyl (C=O) groups excluding carboxylic acids is 2. The number of rotatable bonds is 2. The van der Waals surface area contributed by atoms with E-state index in [2.05, 4.69) is 10.1 Å². The lowest BCUT2D eigenvalue weighted by molar-refractivity contribution is -0.116. The molecule has 1 amide bonds. The average molecular weight is 419 g/mol. The fraction of sp³-hybridized carbons (Fsp3) is 0.217. The van der Waals surface area contributed by atoms with Crippen LogP contribution in [-0.2, 0) is 4.79 Å². The molecule has 1 aromatic heterocycles. The molecule has 0 atom stereocenters. The number of imidazole rings is 1. The number of hydrogen-bond donors (Lipinski definition) is 0. The molecule has 0 saturated carbocycles. The third-order valence-corrected chi connectivity index (χ3v) is 6.15. The van der Waals surface area contributed by atoms with Crippen molar-refractivity contribution in [2.24, 2.45) is 5.10 Å². The predicted octanol–water partition coefficient (Wildman–Crippen LogP) is 4.96. The number of aryl methyl sites for hydroxylation is 3. The van der Waals surface area contributed by atoms with Gasteiger partial charge >= 0.3 is 0 Å². The predicted molar refractivity (Wildman–Crippen MR) is 120 cm³/mol. The minimum atomic E-state index is -0.262. The van der Waals surface area contributed by atoms with Crippen LogP contribution in [0.5, 0.6) is 0 Å². The lowest BCUT2D eigenvalue weighted by atomic mass is 10.1. The van der Waals surface area contributed by atoms with E-state index in [1.165, 1.54) is 36.2 Å². The molecule has 0 aliphatic carbocycles. The first-order valence-corrected chi connectivity index (χ1v) is 10.4. The SMILES string of the molecule is CC(=O)N1N=C(c2ccc(C)c(C)c2)Sc2c1nc(-c1ccc(C)cc1)n2C(C)=O. The van der Waals surface area contributed by atoms with E-state index < -0.39 is 0 Å². The molecule has 3 aromatic rings. The minimum Gasteiger partial charge on any atom is -0.274 e. The highest BCUT2D eigenvalue weighted by molar-refractivity contribution is 8.14. The summed E-state index contributed by atoms with van der Waals surface area (Å²) in [6.07, 6.45) is 0. The van der Waals surface area contributed by atoms with Crippen molar-refractivity contribution in [1.82, 2.24) is 9.55 Å². The summed E-state index contributed by atoms with van der Waals surface area (Å²) >= 11 is 1.36. The van der Waals surface area contributed by atoms with Crippen LogP contribution in [0.25, 0.3) is 11.4 Å². The zero-order valence-electron chi connectivity index (χ0n) is 17.6. The van der Waals surface area contributed by atoms with E-state index in [1.54, 1.807) is 4.57 Å². The Balaban J connectivity index is 1.89. The van der Waals surface area contributed by atoms with Crippen LogP contribution in [0.1, 0.15) is 40.9 Å². The minimum absolute atomic E-state index is 0.170. The third kappa shape index (κ3) is 3.45. The third-order valence-electron chi connectivity index (χ3n) is 5.08. The normalized spacial score (nSPS) is 13.1. The molecule has 2 heterocycles.